The zero-order chi connectivity index (χ0) is 17.3. The predicted octanol–water partition coefficient (Wildman–Crippen LogP) is 2.58. The number of carbonyl (C=O) groups excluding carboxylic acids is 1. The first-order valence-electron chi connectivity index (χ1n) is 7.63. The van der Waals surface area contributed by atoms with Gasteiger partial charge in [0.25, 0.3) is 0 Å². The summed E-state index contributed by atoms with van der Waals surface area (Å²) in [6.07, 6.45) is 1.88. The SMILES string of the molecule is Cc1noc(C)c1CC(=O)Nc1cccc(-c2nncn2C)c1C. The van der Waals surface area contributed by atoms with Gasteiger partial charge >= 0.3 is 0 Å². The summed E-state index contributed by atoms with van der Waals surface area (Å²) in [6.45, 7) is 5.59. The van der Waals surface area contributed by atoms with Gasteiger partial charge < -0.3 is 14.4 Å². The Kier molecular flexibility index (Phi) is 4.16. The minimum atomic E-state index is -0.109. The largest absolute Gasteiger partial charge is 0.361 e. The molecular formula is C17H19N5O2. The molecule has 0 spiro atoms. The number of nitrogens with one attached hydrogen (secondary N) is 1. The Morgan fingerprint density at radius 3 is 2.71 bits per heavy atom. The fourth-order valence-electron chi connectivity index (χ4n) is 2.65. The topological polar surface area (TPSA) is 85.8 Å². The summed E-state index contributed by atoms with van der Waals surface area (Å²) < 4.78 is 6.95. The van der Waals surface area contributed by atoms with Crippen LogP contribution in [0, 0.1) is 20.8 Å². The molecule has 0 aliphatic carbocycles. The molecule has 1 amide bonds. The summed E-state index contributed by atoms with van der Waals surface area (Å²) in [5.41, 5.74) is 4.21. The highest BCUT2D eigenvalue weighted by atomic mass is 16.5. The van der Waals surface area contributed by atoms with E-state index in [0.717, 1.165) is 33.9 Å². The number of rotatable bonds is 4. The van der Waals surface area contributed by atoms with E-state index in [0.29, 0.717) is 5.76 Å². The lowest BCUT2D eigenvalue weighted by Gasteiger charge is -2.12. The highest BCUT2D eigenvalue weighted by molar-refractivity contribution is 5.94. The molecule has 3 rings (SSSR count). The maximum absolute atomic E-state index is 12.4. The quantitative estimate of drug-likeness (QED) is 0.797. The molecule has 24 heavy (non-hydrogen) atoms. The van der Waals surface area contributed by atoms with Crippen LogP contribution in [-0.4, -0.2) is 25.8 Å². The van der Waals surface area contributed by atoms with E-state index in [-0.39, 0.29) is 12.3 Å². The molecule has 1 aromatic carbocycles. The summed E-state index contributed by atoms with van der Waals surface area (Å²) in [6, 6.07) is 5.73. The van der Waals surface area contributed by atoms with Crippen LogP contribution in [0.15, 0.2) is 29.0 Å². The van der Waals surface area contributed by atoms with Gasteiger partial charge in [-0.15, -0.1) is 10.2 Å². The second-order valence-corrected chi connectivity index (χ2v) is 5.77. The van der Waals surface area contributed by atoms with Gasteiger partial charge in [-0.05, 0) is 32.4 Å². The highest BCUT2D eigenvalue weighted by Gasteiger charge is 2.16. The van der Waals surface area contributed by atoms with E-state index in [2.05, 4.69) is 20.7 Å². The summed E-state index contributed by atoms with van der Waals surface area (Å²) in [7, 11) is 1.89. The second kappa shape index (κ2) is 6.27. The molecule has 0 bridgehead atoms. The Morgan fingerprint density at radius 2 is 2.08 bits per heavy atom. The molecule has 7 heteroatoms. The molecule has 0 unspecified atom stereocenters. The summed E-state index contributed by atoms with van der Waals surface area (Å²) >= 11 is 0. The van der Waals surface area contributed by atoms with Crippen molar-refractivity contribution in [3.8, 4) is 11.4 Å². The van der Waals surface area contributed by atoms with E-state index in [9.17, 15) is 4.79 Å². The van der Waals surface area contributed by atoms with Crippen LogP contribution in [0.4, 0.5) is 5.69 Å². The van der Waals surface area contributed by atoms with E-state index in [4.69, 9.17) is 4.52 Å². The average molecular weight is 325 g/mol. The number of hydrogen-bond acceptors (Lipinski definition) is 5. The molecular weight excluding hydrogens is 306 g/mol. The van der Waals surface area contributed by atoms with Crippen LogP contribution in [0.25, 0.3) is 11.4 Å². The predicted molar refractivity (Wildman–Crippen MR) is 89.5 cm³/mol. The number of amides is 1. The maximum Gasteiger partial charge on any atom is 0.229 e. The Balaban J connectivity index is 1.83. The summed E-state index contributed by atoms with van der Waals surface area (Å²) in [4.78, 5) is 12.4. The van der Waals surface area contributed by atoms with Gasteiger partial charge in [-0.2, -0.15) is 0 Å². The van der Waals surface area contributed by atoms with Gasteiger partial charge in [-0.1, -0.05) is 17.3 Å². The van der Waals surface area contributed by atoms with E-state index in [1.54, 1.807) is 6.33 Å². The van der Waals surface area contributed by atoms with Gasteiger partial charge in [0, 0.05) is 23.9 Å². The van der Waals surface area contributed by atoms with Crippen molar-refractivity contribution in [3.63, 3.8) is 0 Å². The lowest BCUT2D eigenvalue weighted by atomic mass is 10.1. The van der Waals surface area contributed by atoms with Gasteiger partial charge in [0.1, 0.15) is 12.1 Å². The molecule has 0 radical (unpaired) electrons. The molecule has 0 aliphatic heterocycles. The Morgan fingerprint density at radius 1 is 1.29 bits per heavy atom. The Bertz CT molecular complexity index is 875. The molecule has 124 valence electrons. The van der Waals surface area contributed by atoms with Crippen LogP contribution in [0.3, 0.4) is 0 Å². The van der Waals surface area contributed by atoms with Crippen LogP contribution in [-0.2, 0) is 18.3 Å². The van der Waals surface area contributed by atoms with Crippen molar-refractivity contribution in [1.29, 1.82) is 0 Å². The number of benzene rings is 1. The molecule has 2 aromatic heterocycles. The lowest BCUT2D eigenvalue weighted by molar-refractivity contribution is -0.115. The first kappa shape index (κ1) is 15.9. The van der Waals surface area contributed by atoms with Crippen LogP contribution in [0.5, 0.6) is 0 Å². The smallest absolute Gasteiger partial charge is 0.229 e. The maximum atomic E-state index is 12.4. The first-order chi connectivity index (χ1) is 11.5. The van der Waals surface area contributed by atoms with Crippen molar-refractivity contribution in [2.45, 2.75) is 27.2 Å². The number of hydrogen-bond donors (Lipinski definition) is 1. The van der Waals surface area contributed by atoms with Crippen molar-refractivity contribution >= 4 is 11.6 Å². The van der Waals surface area contributed by atoms with E-state index in [1.807, 2.05) is 50.6 Å². The number of carbonyl (C=O) groups is 1. The third kappa shape index (κ3) is 2.92. The number of aromatic nitrogens is 4. The number of anilines is 1. The second-order valence-electron chi connectivity index (χ2n) is 5.77. The van der Waals surface area contributed by atoms with Crippen LogP contribution in [0.1, 0.15) is 22.6 Å². The van der Waals surface area contributed by atoms with Crippen molar-refractivity contribution in [3.05, 3.63) is 47.1 Å². The molecule has 0 saturated heterocycles. The zero-order valence-corrected chi connectivity index (χ0v) is 14.1. The average Bonchev–Trinajstić information content (AvgIpc) is 3.10. The molecule has 0 aliphatic rings. The molecule has 0 saturated carbocycles. The van der Waals surface area contributed by atoms with Crippen molar-refractivity contribution in [2.75, 3.05) is 5.32 Å². The van der Waals surface area contributed by atoms with Gasteiger partial charge in [0.05, 0.1) is 12.1 Å². The fourth-order valence-corrected chi connectivity index (χ4v) is 2.65. The number of nitrogens with zero attached hydrogens (tertiary/aromatic N) is 4. The fraction of sp³-hybridized carbons (Fsp3) is 0.294. The van der Waals surface area contributed by atoms with E-state index >= 15 is 0 Å². The van der Waals surface area contributed by atoms with Gasteiger partial charge in [0.15, 0.2) is 5.82 Å². The van der Waals surface area contributed by atoms with Crippen molar-refractivity contribution in [1.82, 2.24) is 19.9 Å². The lowest BCUT2D eigenvalue weighted by Crippen LogP contribution is -2.16. The van der Waals surface area contributed by atoms with Crippen molar-refractivity contribution < 1.29 is 9.32 Å². The standard InChI is InChI=1S/C17H19N5O2/c1-10-13(17-20-18-9-22(17)4)6-5-7-15(10)19-16(23)8-14-11(2)21-24-12(14)3/h5-7,9H,8H2,1-4H3,(H,19,23). The van der Waals surface area contributed by atoms with Crippen LogP contribution >= 0.6 is 0 Å². The van der Waals surface area contributed by atoms with E-state index < -0.39 is 0 Å². The molecule has 2 heterocycles. The molecule has 7 nitrogen and oxygen atoms in total. The molecule has 3 aromatic rings. The number of aryl methyl sites for hydroxylation is 3. The summed E-state index contributed by atoms with van der Waals surface area (Å²) in [5, 5.41) is 14.9. The molecule has 0 atom stereocenters. The van der Waals surface area contributed by atoms with Gasteiger partial charge in [0.2, 0.25) is 5.91 Å². The van der Waals surface area contributed by atoms with Gasteiger partial charge in [-0.3, -0.25) is 4.79 Å². The minimum absolute atomic E-state index is 0.109. The van der Waals surface area contributed by atoms with E-state index in [1.165, 1.54) is 0 Å². The molecule has 1 N–H and O–H groups in total. The third-order valence-electron chi connectivity index (χ3n) is 4.08. The normalized spacial score (nSPS) is 10.8. The zero-order valence-electron chi connectivity index (χ0n) is 14.1. The highest BCUT2D eigenvalue weighted by Crippen LogP contribution is 2.27. The van der Waals surface area contributed by atoms with Crippen LogP contribution in [0.2, 0.25) is 0 Å². The Labute approximate surface area is 139 Å². The van der Waals surface area contributed by atoms with Gasteiger partial charge in [-0.25, -0.2) is 0 Å². The third-order valence-corrected chi connectivity index (χ3v) is 4.08. The van der Waals surface area contributed by atoms with Crippen LogP contribution < -0.4 is 5.32 Å². The minimum Gasteiger partial charge on any atom is -0.361 e. The monoisotopic (exact) mass is 325 g/mol. The Hall–Kier alpha value is -2.96. The molecule has 0 fully saturated rings. The summed E-state index contributed by atoms with van der Waals surface area (Å²) in [5.74, 6) is 1.32. The first-order valence-corrected chi connectivity index (χ1v) is 7.63. The van der Waals surface area contributed by atoms with Crippen molar-refractivity contribution in [2.24, 2.45) is 7.05 Å².